The Morgan fingerprint density at radius 2 is 1.91 bits per heavy atom. The van der Waals surface area contributed by atoms with Gasteiger partial charge in [0.25, 0.3) is 0 Å². The zero-order valence-electron chi connectivity index (χ0n) is 7.50. The lowest BCUT2D eigenvalue weighted by Gasteiger charge is -1.94. The number of hydrogen-bond acceptors (Lipinski definition) is 3. The van der Waals surface area contributed by atoms with Gasteiger partial charge in [0.1, 0.15) is 12.4 Å². The van der Waals surface area contributed by atoms with Gasteiger partial charge in [0.2, 0.25) is 0 Å². The molecule has 0 atom stereocenters. The monoisotopic (exact) mass is 157 g/mol. The first-order chi connectivity index (χ1) is 5.25. The number of aromatic nitrogens is 3. The van der Waals surface area contributed by atoms with E-state index < -0.39 is 0 Å². The van der Waals surface area contributed by atoms with Gasteiger partial charge in [-0.15, -0.1) is 10.2 Å². The van der Waals surface area contributed by atoms with Gasteiger partial charge in [-0.3, -0.25) is 0 Å². The minimum absolute atomic E-state index is 0.0443. The van der Waals surface area contributed by atoms with Crippen molar-refractivity contribution in [2.75, 3.05) is 0 Å². The fourth-order valence-corrected chi connectivity index (χ4v) is 0.589. The Morgan fingerprint density at radius 3 is 2.09 bits per heavy atom. The molecular weight excluding hydrogens is 142 g/mol. The number of nitrogens with zero attached hydrogens (tertiary/aromatic N) is 3. The molecule has 0 unspecified atom stereocenters. The second-order valence-electron chi connectivity index (χ2n) is 1.88. The smallest absolute Gasteiger partial charge is 0.158 e. The van der Waals surface area contributed by atoms with Gasteiger partial charge in [0, 0.05) is 7.05 Å². The lowest BCUT2D eigenvalue weighted by atomic mass is 10.6. The summed E-state index contributed by atoms with van der Waals surface area (Å²) < 4.78 is 1.75. The fraction of sp³-hybridized carbons (Fsp3) is 0.714. The number of aliphatic hydroxyl groups excluding tert-OH is 1. The predicted octanol–water partition coefficient (Wildman–Crippen LogP) is 0.642. The van der Waals surface area contributed by atoms with Crippen LogP contribution in [-0.2, 0) is 13.7 Å². The van der Waals surface area contributed by atoms with E-state index >= 15 is 0 Å². The molecule has 0 aromatic carbocycles. The highest BCUT2D eigenvalue weighted by Crippen LogP contribution is 1.94. The first-order valence-corrected chi connectivity index (χ1v) is 3.71. The molecule has 0 aliphatic heterocycles. The highest BCUT2D eigenvalue weighted by Gasteiger charge is 2.00. The van der Waals surface area contributed by atoms with E-state index in [0.29, 0.717) is 5.82 Å². The molecule has 64 valence electrons. The minimum atomic E-state index is -0.0443. The highest BCUT2D eigenvalue weighted by molar-refractivity contribution is 4.89. The summed E-state index contributed by atoms with van der Waals surface area (Å²) in [5.41, 5.74) is 0. The van der Waals surface area contributed by atoms with Gasteiger partial charge < -0.3 is 9.67 Å². The highest BCUT2D eigenvalue weighted by atomic mass is 16.3. The molecule has 1 rings (SSSR count). The van der Waals surface area contributed by atoms with Gasteiger partial charge in [-0.1, -0.05) is 13.8 Å². The summed E-state index contributed by atoms with van der Waals surface area (Å²) >= 11 is 0. The van der Waals surface area contributed by atoms with E-state index in [1.165, 1.54) is 0 Å². The fourth-order valence-electron chi connectivity index (χ4n) is 0.589. The Kier molecular flexibility index (Phi) is 4.45. The number of aryl methyl sites for hydroxylation is 1. The van der Waals surface area contributed by atoms with Crippen molar-refractivity contribution in [1.82, 2.24) is 14.8 Å². The lowest BCUT2D eigenvalue weighted by Crippen LogP contribution is -1.98. The molecule has 1 heterocycles. The molecule has 0 spiro atoms. The molecule has 1 aromatic heterocycles. The summed E-state index contributed by atoms with van der Waals surface area (Å²) in [6.45, 7) is 5.80. The van der Waals surface area contributed by atoms with Crippen molar-refractivity contribution < 1.29 is 5.11 Å². The Morgan fingerprint density at radius 1 is 1.36 bits per heavy atom. The molecule has 0 fully saturated rings. The second-order valence-corrected chi connectivity index (χ2v) is 1.88. The molecule has 0 radical (unpaired) electrons. The van der Waals surface area contributed by atoms with E-state index in [1.54, 1.807) is 4.57 Å². The van der Waals surface area contributed by atoms with Crippen molar-refractivity contribution in [1.29, 1.82) is 0 Å². The van der Waals surface area contributed by atoms with Crippen molar-refractivity contribution in [2.24, 2.45) is 7.05 Å². The maximum Gasteiger partial charge on any atom is 0.158 e. The van der Waals surface area contributed by atoms with Crippen LogP contribution in [0.5, 0.6) is 0 Å². The molecular formula is C7H15N3O. The predicted molar refractivity (Wildman–Crippen MR) is 43.0 cm³/mol. The van der Waals surface area contributed by atoms with Crippen LogP contribution in [-0.4, -0.2) is 19.9 Å². The summed E-state index contributed by atoms with van der Waals surface area (Å²) in [6, 6.07) is 0. The lowest BCUT2D eigenvalue weighted by molar-refractivity contribution is 0.266. The quantitative estimate of drug-likeness (QED) is 0.651. The maximum absolute atomic E-state index is 8.61. The van der Waals surface area contributed by atoms with Gasteiger partial charge in [-0.05, 0) is 6.92 Å². The van der Waals surface area contributed by atoms with E-state index in [2.05, 4.69) is 10.2 Å². The molecule has 0 bridgehead atoms. The third kappa shape index (κ3) is 2.31. The first-order valence-electron chi connectivity index (χ1n) is 3.71. The molecule has 1 aromatic rings. The normalized spacial score (nSPS) is 8.82. The summed E-state index contributed by atoms with van der Waals surface area (Å²) in [6.07, 6.45) is 0. The Labute approximate surface area is 66.9 Å². The third-order valence-electron chi connectivity index (χ3n) is 1.32. The molecule has 4 heteroatoms. The Balaban J connectivity index is 0.000000461. The standard InChI is InChI=1S/C5H9N3O.C2H6/c1-4-6-7-5(3-9)8(4)2;1-2/h9H,3H2,1-2H3;1-2H3. The van der Waals surface area contributed by atoms with Gasteiger partial charge >= 0.3 is 0 Å². The summed E-state index contributed by atoms with van der Waals surface area (Å²) in [5.74, 6) is 1.42. The topological polar surface area (TPSA) is 50.9 Å². The summed E-state index contributed by atoms with van der Waals surface area (Å²) in [5, 5.41) is 16.0. The zero-order chi connectivity index (χ0) is 8.85. The van der Waals surface area contributed by atoms with E-state index in [0.717, 1.165) is 5.82 Å². The average Bonchev–Trinajstić information content (AvgIpc) is 2.37. The minimum Gasteiger partial charge on any atom is -0.388 e. The van der Waals surface area contributed by atoms with Crippen LogP contribution in [0.25, 0.3) is 0 Å². The van der Waals surface area contributed by atoms with Crippen LogP contribution in [0.3, 0.4) is 0 Å². The van der Waals surface area contributed by atoms with Gasteiger partial charge in [-0.2, -0.15) is 0 Å². The summed E-state index contributed by atoms with van der Waals surface area (Å²) in [7, 11) is 1.82. The van der Waals surface area contributed by atoms with Crippen molar-refractivity contribution in [3.05, 3.63) is 11.6 Å². The summed E-state index contributed by atoms with van der Waals surface area (Å²) in [4.78, 5) is 0. The van der Waals surface area contributed by atoms with E-state index in [1.807, 2.05) is 27.8 Å². The zero-order valence-corrected chi connectivity index (χ0v) is 7.50. The van der Waals surface area contributed by atoms with Gasteiger partial charge in [-0.25, -0.2) is 0 Å². The Hall–Kier alpha value is -0.900. The van der Waals surface area contributed by atoms with E-state index in [4.69, 9.17) is 5.11 Å². The van der Waals surface area contributed by atoms with Gasteiger partial charge in [0.05, 0.1) is 0 Å². The second kappa shape index (κ2) is 4.85. The van der Waals surface area contributed by atoms with Crippen LogP contribution in [0.15, 0.2) is 0 Å². The van der Waals surface area contributed by atoms with Gasteiger partial charge in [0.15, 0.2) is 5.82 Å². The molecule has 1 N–H and O–H groups in total. The van der Waals surface area contributed by atoms with E-state index in [9.17, 15) is 0 Å². The molecule has 4 nitrogen and oxygen atoms in total. The van der Waals surface area contributed by atoms with Crippen LogP contribution in [0, 0.1) is 6.92 Å². The van der Waals surface area contributed by atoms with E-state index in [-0.39, 0.29) is 6.61 Å². The number of aliphatic hydroxyl groups is 1. The number of hydrogen-bond donors (Lipinski definition) is 1. The molecule has 0 amide bonds. The van der Waals surface area contributed by atoms with Crippen LogP contribution in [0.2, 0.25) is 0 Å². The third-order valence-corrected chi connectivity index (χ3v) is 1.32. The molecule has 0 aliphatic rings. The van der Waals surface area contributed by atoms with Crippen molar-refractivity contribution in [3.8, 4) is 0 Å². The van der Waals surface area contributed by atoms with Crippen molar-refractivity contribution >= 4 is 0 Å². The van der Waals surface area contributed by atoms with Crippen LogP contribution in [0.4, 0.5) is 0 Å². The molecule has 11 heavy (non-hydrogen) atoms. The molecule has 0 saturated carbocycles. The number of rotatable bonds is 1. The van der Waals surface area contributed by atoms with Crippen molar-refractivity contribution in [3.63, 3.8) is 0 Å². The van der Waals surface area contributed by atoms with Crippen LogP contribution < -0.4 is 0 Å². The SMILES string of the molecule is CC.Cc1nnc(CO)n1C. The largest absolute Gasteiger partial charge is 0.388 e. The molecule has 0 aliphatic carbocycles. The van der Waals surface area contributed by atoms with Crippen LogP contribution >= 0.6 is 0 Å². The van der Waals surface area contributed by atoms with Crippen LogP contribution in [0.1, 0.15) is 25.5 Å². The molecule has 0 saturated heterocycles. The maximum atomic E-state index is 8.61. The van der Waals surface area contributed by atoms with Crippen molar-refractivity contribution in [2.45, 2.75) is 27.4 Å². The average molecular weight is 157 g/mol. The Bertz CT molecular complexity index is 207. The first kappa shape index (κ1) is 10.1.